The van der Waals surface area contributed by atoms with Gasteiger partial charge in [0, 0.05) is 18.7 Å². The summed E-state index contributed by atoms with van der Waals surface area (Å²) in [5, 5.41) is 5.91. The molecule has 0 unspecified atom stereocenters. The predicted molar refractivity (Wildman–Crippen MR) is 90.0 cm³/mol. The summed E-state index contributed by atoms with van der Waals surface area (Å²) in [6.07, 6.45) is 1.54. The van der Waals surface area contributed by atoms with Gasteiger partial charge in [0.25, 0.3) is 5.89 Å². The summed E-state index contributed by atoms with van der Waals surface area (Å²) in [6, 6.07) is 11.4. The van der Waals surface area contributed by atoms with Gasteiger partial charge in [0.2, 0.25) is 11.7 Å². The van der Waals surface area contributed by atoms with Gasteiger partial charge in [-0.15, -0.1) is 11.3 Å². The molecular weight excluding hydrogens is 326 g/mol. The largest absolute Gasteiger partial charge is 0.484 e. The first-order valence-electron chi connectivity index (χ1n) is 7.69. The molecule has 0 saturated carbocycles. The number of amides is 1. The summed E-state index contributed by atoms with van der Waals surface area (Å²) >= 11 is 1.56. The normalized spacial score (nSPS) is 14.3. The van der Waals surface area contributed by atoms with E-state index in [1.54, 1.807) is 16.2 Å². The van der Waals surface area contributed by atoms with E-state index in [1.165, 1.54) is 0 Å². The number of carbonyl (C=O) groups is 1. The lowest BCUT2D eigenvalue weighted by atomic mass is 10.3. The quantitative estimate of drug-likeness (QED) is 0.710. The third kappa shape index (κ3) is 3.03. The summed E-state index contributed by atoms with van der Waals surface area (Å²) in [5.41, 5.74) is 0.905. The van der Waals surface area contributed by atoms with E-state index < -0.39 is 0 Å². The highest BCUT2D eigenvalue weighted by Crippen LogP contribution is 2.25. The van der Waals surface area contributed by atoms with Crippen LogP contribution in [-0.4, -0.2) is 22.6 Å². The highest BCUT2D eigenvalue weighted by atomic mass is 32.1. The Morgan fingerprint density at radius 2 is 2.12 bits per heavy atom. The molecule has 0 spiro atoms. The Balaban J connectivity index is 1.38. The van der Waals surface area contributed by atoms with Gasteiger partial charge < -0.3 is 14.2 Å². The van der Waals surface area contributed by atoms with Gasteiger partial charge in [-0.2, -0.15) is 4.98 Å². The summed E-state index contributed by atoms with van der Waals surface area (Å²) in [5.74, 6) is 1.88. The molecule has 24 heavy (non-hydrogen) atoms. The van der Waals surface area contributed by atoms with Crippen molar-refractivity contribution >= 4 is 22.9 Å². The highest BCUT2D eigenvalue weighted by molar-refractivity contribution is 7.13. The number of anilines is 1. The van der Waals surface area contributed by atoms with E-state index >= 15 is 0 Å². The second-order valence-corrected chi connectivity index (χ2v) is 6.37. The number of aromatic nitrogens is 2. The van der Waals surface area contributed by atoms with Gasteiger partial charge in [-0.1, -0.05) is 11.2 Å². The predicted octanol–water partition coefficient (Wildman–Crippen LogP) is 3.50. The fourth-order valence-corrected chi connectivity index (χ4v) is 3.26. The van der Waals surface area contributed by atoms with E-state index in [0.717, 1.165) is 23.5 Å². The molecule has 1 aromatic carbocycles. The SMILES string of the molecule is O=C1CCCN1c1ccc(OCc2nc(-c3cccs3)no2)cc1. The van der Waals surface area contributed by atoms with E-state index in [4.69, 9.17) is 9.26 Å². The van der Waals surface area contributed by atoms with Crippen LogP contribution in [0.25, 0.3) is 10.7 Å². The van der Waals surface area contributed by atoms with Gasteiger partial charge in [0.15, 0.2) is 6.61 Å². The molecule has 7 heteroatoms. The van der Waals surface area contributed by atoms with Gasteiger partial charge in [0.1, 0.15) is 5.75 Å². The molecule has 1 fully saturated rings. The Morgan fingerprint density at radius 3 is 2.83 bits per heavy atom. The van der Waals surface area contributed by atoms with Crippen LogP contribution in [0.4, 0.5) is 5.69 Å². The maximum Gasteiger partial charge on any atom is 0.264 e. The summed E-state index contributed by atoms with van der Waals surface area (Å²) in [4.78, 5) is 18.8. The van der Waals surface area contributed by atoms with Crippen molar-refractivity contribution in [2.24, 2.45) is 0 Å². The van der Waals surface area contributed by atoms with Crippen LogP contribution in [0.3, 0.4) is 0 Å². The zero-order chi connectivity index (χ0) is 16.4. The van der Waals surface area contributed by atoms with Crippen LogP contribution in [0.15, 0.2) is 46.3 Å². The van der Waals surface area contributed by atoms with Crippen molar-refractivity contribution in [2.75, 3.05) is 11.4 Å². The molecule has 0 bridgehead atoms. The number of nitrogens with zero attached hydrogens (tertiary/aromatic N) is 3. The lowest BCUT2D eigenvalue weighted by Gasteiger charge is -2.15. The van der Waals surface area contributed by atoms with Gasteiger partial charge in [-0.05, 0) is 42.1 Å². The average molecular weight is 341 g/mol. The van der Waals surface area contributed by atoms with Gasteiger partial charge in [-0.25, -0.2) is 0 Å². The van der Waals surface area contributed by atoms with E-state index in [9.17, 15) is 4.79 Å². The van der Waals surface area contributed by atoms with Crippen LogP contribution in [0.5, 0.6) is 5.75 Å². The van der Waals surface area contributed by atoms with Crippen LogP contribution < -0.4 is 9.64 Å². The second-order valence-electron chi connectivity index (χ2n) is 5.42. The van der Waals surface area contributed by atoms with Crippen molar-refractivity contribution in [3.8, 4) is 16.5 Å². The van der Waals surface area contributed by atoms with Crippen LogP contribution in [0, 0.1) is 0 Å². The smallest absolute Gasteiger partial charge is 0.264 e. The molecular formula is C17H15N3O3S. The fourth-order valence-electron chi connectivity index (χ4n) is 2.61. The first-order chi connectivity index (χ1) is 11.8. The summed E-state index contributed by atoms with van der Waals surface area (Å²) in [7, 11) is 0. The van der Waals surface area contributed by atoms with E-state index in [2.05, 4.69) is 10.1 Å². The molecule has 1 amide bonds. The molecule has 2 aromatic heterocycles. The number of benzene rings is 1. The molecule has 1 saturated heterocycles. The van der Waals surface area contributed by atoms with Gasteiger partial charge >= 0.3 is 0 Å². The Bertz CT molecular complexity index is 827. The van der Waals surface area contributed by atoms with Crippen LogP contribution in [-0.2, 0) is 11.4 Å². The maximum atomic E-state index is 11.7. The lowest BCUT2D eigenvalue weighted by Crippen LogP contribution is -2.23. The van der Waals surface area contributed by atoms with Crippen LogP contribution >= 0.6 is 11.3 Å². The Morgan fingerprint density at radius 1 is 1.25 bits per heavy atom. The minimum Gasteiger partial charge on any atom is -0.484 e. The Kier molecular flexibility index (Phi) is 4.00. The van der Waals surface area contributed by atoms with E-state index in [-0.39, 0.29) is 12.5 Å². The molecule has 0 N–H and O–H groups in total. The summed E-state index contributed by atoms with van der Waals surface area (Å²) in [6.45, 7) is 0.993. The van der Waals surface area contributed by atoms with Crippen molar-refractivity contribution < 1.29 is 14.1 Å². The van der Waals surface area contributed by atoms with Crippen LogP contribution in [0.2, 0.25) is 0 Å². The monoisotopic (exact) mass is 341 g/mol. The number of ether oxygens (including phenoxy) is 1. The minimum absolute atomic E-state index is 0.177. The standard InChI is InChI=1S/C17H15N3O3S/c21-16-4-1-9-20(16)12-5-7-13(8-6-12)22-11-15-18-17(19-23-15)14-3-2-10-24-14/h2-3,5-8,10H,1,4,9,11H2. The third-order valence-electron chi connectivity index (χ3n) is 3.79. The van der Waals surface area contributed by atoms with Crippen molar-refractivity contribution in [1.29, 1.82) is 0 Å². The molecule has 0 radical (unpaired) electrons. The van der Waals surface area contributed by atoms with Crippen molar-refractivity contribution in [3.63, 3.8) is 0 Å². The molecule has 3 aromatic rings. The molecule has 4 rings (SSSR count). The highest BCUT2D eigenvalue weighted by Gasteiger charge is 2.21. The van der Waals surface area contributed by atoms with E-state index in [1.807, 2.05) is 41.8 Å². The molecule has 0 atom stereocenters. The molecule has 3 heterocycles. The molecule has 6 nitrogen and oxygen atoms in total. The number of carbonyl (C=O) groups excluding carboxylic acids is 1. The number of rotatable bonds is 5. The van der Waals surface area contributed by atoms with Crippen molar-refractivity contribution in [2.45, 2.75) is 19.4 Å². The molecule has 122 valence electrons. The maximum absolute atomic E-state index is 11.7. The second kappa shape index (κ2) is 6.45. The number of hydrogen-bond donors (Lipinski definition) is 0. The third-order valence-corrected chi connectivity index (χ3v) is 4.66. The van der Waals surface area contributed by atoms with E-state index in [0.29, 0.717) is 23.9 Å². The van der Waals surface area contributed by atoms with Crippen molar-refractivity contribution in [1.82, 2.24) is 10.1 Å². The topological polar surface area (TPSA) is 68.5 Å². The fraction of sp³-hybridized carbons (Fsp3) is 0.235. The first-order valence-corrected chi connectivity index (χ1v) is 8.57. The molecule has 0 aliphatic carbocycles. The molecule has 1 aliphatic heterocycles. The zero-order valence-corrected chi connectivity index (χ0v) is 13.7. The minimum atomic E-state index is 0.177. The average Bonchev–Trinajstić information content (AvgIpc) is 3.35. The first kappa shape index (κ1) is 14.9. The lowest BCUT2D eigenvalue weighted by molar-refractivity contribution is -0.117. The summed E-state index contributed by atoms with van der Waals surface area (Å²) < 4.78 is 10.9. The number of thiophene rings is 1. The Labute approximate surface area is 142 Å². The Hall–Kier alpha value is -2.67. The van der Waals surface area contributed by atoms with Gasteiger partial charge in [0.05, 0.1) is 4.88 Å². The van der Waals surface area contributed by atoms with Gasteiger partial charge in [-0.3, -0.25) is 4.79 Å². The number of hydrogen-bond acceptors (Lipinski definition) is 6. The zero-order valence-electron chi connectivity index (χ0n) is 12.8. The van der Waals surface area contributed by atoms with Crippen molar-refractivity contribution in [3.05, 3.63) is 47.7 Å². The van der Waals surface area contributed by atoms with Crippen LogP contribution in [0.1, 0.15) is 18.7 Å². The molecule has 1 aliphatic rings.